The van der Waals surface area contributed by atoms with Crippen LogP contribution >= 0.6 is 11.6 Å². The number of rotatable bonds is 9. The van der Waals surface area contributed by atoms with Gasteiger partial charge in [-0.3, -0.25) is 9.50 Å². The average Bonchev–Trinajstić information content (AvgIpc) is 3.53. The minimum atomic E-state index is -4.61. The van der Waals surface area contributed by atoms with E-state index in [1.54, 1.807) is 18.2 Å². The summed E-state index contributed by atoms with van der Waals surface area (Å²) < 4.78 is 43.0. The summed E-state index contributed by atoms with van der Waals surface area (Å²) in [4.78, 5) is 33.6. The summed E-state index contributed by atoms with van der Waals surface area (Å²) >= 11 is 6.15. The van der Waals surface area contributed by atoms with E-state index in [1.807, 2.05) is 5.10 Å². The van der Waals surface area contributed by atoms with Crippen LogP contribution in [0.4, 0.5) is 24.7 Å². The van der Waals surface area contributed by atoms with Crippen molar-refractivity contribution in [3.63, 3.8) is 0 Å². The summed E-state index contributed by atoms with van der Waals surface area (Å²) in [6.07, 6.45) is 2.03. The molecule has 0 atom stereocenters. The number of imidazole rings is 1. The van der Waals surface area contributed by atoms with Crippen molar-refractivity contribution in [1.29, 1.82) is 0 Å². The molecule has 3 heterocycles. The third kappa shape index (κ3) is 6.78. The third-order valence-corrected chi connectivity index (χ3v) is 9.87. The first-order chi connectivity index (χ1) is 19.8. The Morgan fingerprint density at radius 3 is 2.57 bits per heavy atom. The number of anilines is 2. The summed E-state index contributed by atoms with van der Waals surface area (Å²) in [5, 5.41) is 14.8. The standard InChI is InChI=1S/C26H28ClF3IN9O2/c1-40(2,3)31-11-21(41)35-15-8-16(9-15)37-25(42)17-5-4-14(10-19(17)27)36-23-24-33-13-20(39(24)7-6-32-23)18-12-34-38-22(18)26(28,29)30/h4-7,10,12-13,15-16H,8-9,11H2,1-3H3,(H,32,36)(H,34,38)(H,35,41)(H,37,42). The molecule has 1 aliphatic rings. The number of nitrogens with zero attached hydrogens (tertiary/aromatic N) is 5. The molecule has 0 bridgehead atoms. The molecule has 4 N–H and O–H groups in total. The van der Waals surface area contributed by atoms with Crippen molar-refractivity contribution in [3.8, 4) is 11.3 Å². The second kappa shape index (κ2) is 11.7. The molecule has 0 saturated heterocycles. The molecule has 0 radical (unpaired) electrons. The van der Waals surface area contributed by atoms with Crippen LogP contribution in [0.1, 0.15) is 28.9 Å². The number of carbonyl (C=O) groups is 2. The van der Waals surface area contributed by atoms with Gasteiger partial charge in [-0.05, 0) is 0 Å². The van der Waals surface area contributed by atoms with E-state index in [0.29, 0.717) is 23.0 Å². The molecule has 3 aromatic heterocycles. The predicted molar refractivity (Wildman–Crippen MR) is 146 cm³/mol. The Labute approximate surface area is 254 Å². The number of hydrogen-bond acceptors (Lipinski definition) is 6. The molecule has 1 aliphatic carbocycles. The van der Waals surface area contributed by atoms with Crippen molar-refractivity contribution >= 4 is 40.6 Å². The quantitative estimate of drug-likeness (QED) is 0.114. The molecule has 5 rings (SSSR count). The van der Waals surface area contributed by atoms with Gasteiger partial charge in [0.2, 0.25) is 0 Å². The summed E-state index contributed by atoms with van der Waals surface area (Å²) in [6.45, 7) is 0. The maximum atomic E-state index is 13.4. The Hall–Kier alpha value is -3.44. The van der Waals surface area contributed by atoms with Gasteiger partial charge >= 0.3 is 159 Å². The molecule has 1 aromatic carbocycles. The molecule has 2 amide bonds. The Morgan fingerprint density at radius 2 is 1.88 bits per heavy atom. The van der Waals surface area contributed by atoms with Gasteiger partial charge < -0.3 is 5.32 Å². The van der Waals surface area contributed by atoms with Crippen LogP contribution in [0.5, 0.6) is 0 Å². The Morgan fingerprint density at radius 1 is 1.14 bits per heavy atom. The van der Waals surface area contributed by atoms with Crippen molar-refractivity contribution in [3.05, 3.63) is 59.3 Å². The van der Waals surface area contributed by atoms with Gasteiger partial charge in [0, 0.05) is 12.4 Å². The third-order valence-electron chi connectivity index (χ3n) is 6.48. The number of carbonyl (C=O) groups excluding carboxylic acids is 2. The van der Waals surface area contributed by atoms with E-state index in [0.717, 1.165) is 8.89 Å². The van der Waals surface area contributed by atoms with Crippen molar-refractivity contribution < 1.29 is 46.9 Å². The minimum absolute atomic E-state index is 0.0493. The summed E-state index contributed by atoms with van der Waals surface area (Å²) in [6, 6.07) is 4.77. The van der Waals surface area contributed by atoms with Gasteiger partial charge in [0.1, 0.15) is 5.69 Å². The first-order valence-electron chi connectivity index (χ1n) is 12.8. The van der Waals surface area contributed by atoms with E-state index in [4.69, 9.17) is 11.6 Å². The molecule has 1 fully saturated rings. The van der Waals surface area contributed by atoms with E-state index in [9.17, 15) is 22.8 Å². The van der Waals surface area contributed by atoms with Gasteiger partial charge in [0.25, 0.3) is 0 Å². The molecule has 4 aromatic rings. The summed E-state index contributed by atoms with van der Waals surface area (Å²) in [5.74, 6) is 0.0113. The zero-order chi connectivity index (χ0) is 30.2. The molecule has 42 heavy (non-hydrogen) atoms. The van der Waals surface area contributed by atoms with Crippen molar-refractivity contribution in [1.82, 2.24) is 35.2 Å². The Bertz CT molecular complexity index is 1630. The van der Waals surface area contributed by atoms with Gasteiger partial charge in [0.15, 0.2) is 11.5 Å². The number of fused-ring (bicyclic) bond motifs is 1. The number of alkyl halides is 4. The number of halogens is 5. The van der Waals surface area contributed by atoms with E-state index >= 15 is 0 Å². The molecular formula is C26H28ClF3IN9O2. The fraction of sp³-hybridized carbons (Fsp3) is 0.346. The maximum absolute atomic E-state index is 13.4. The number of amides is 2. The molecular weight excluding hydrogens is 690 g/mol. The normalized spacial score (nSPS) is 17.2. The zero-order valence-electron chi connectivity index (χ0n) is 22.8. The fourth-order valence-electron chi connectivity index (χ4n) is 4.43. The monoisotopic (exact) mass is 717 g/mol. The van der Waals surface area contributed by atoms with Gasteiger partial charge in [0.05, 0.1) is 23.7 Å². The molecule has 16 heteroatoms. The topological polar surface area (TPSA) is 129 Å². The SMILES string of the molecule is C[N+](C)(C)[I-]CC(=O)NC1CC(NC(=O)c2ccc(Nc3nccn4c(-c5cn[nH]c5C(F)(F)F)cnc34)cc2Cl)C1. The average molecular weight is 718 g/mol. The van der Waals surface area contributed by atoms with Crippen molar-refractivity contribution in [2.75, 3.05) is 30.9 Å². The van der Waals surface area contributed by atoms with Crippen LogP contribution in [0, 0.1) is 0 Å². The van der Waals surface area contributed by atoms with Crippen LogP contribution in [0.25, 0.3) is 16.9 Å². The molecule has 224 valence electrons. The van der Waals surface area contributed by atoms with E-state index in [-0.39, 0.29) is 78.7 Å². The number of aromatic nitrogens is 5. The van der Waals surface area contributed by atoms with Crippen molar-refractivity contribution in [2.24, 2.45) is 0 Å². The second-order valence-corrected chi connectivity index (χ2v) is 15.3. The zero-order valence-corrected chi connectivity index (χ0v) is 25.7. The fourth-order valence-corrected chi connectivity index (χ4v) is 6.25. The molecule has 0 unspecified atom stereocenters. The van der Waals surface area contributed by atoms with Crippen molar-refractivity contribution in [2.45, 2.75) is 31.1 Å². The molecule has 0 aliphatic heterocycles. The first-order valence-corrected chi connectivity index (χ1v) is 15.7. The van der Waals surface area contributed by atoms with Crippen LogP contribution in [-0.4, -0.2) is 76.7 Å². The molecule has 11 nitrogen and oxygen atoms in total. The van der Waals surface area contributed by atoms with E-state index in [1.165, 1.54) is 23.0 Å². The number of hydrogen-bond donors (Lipinski definition) is 4. The van der Waals surface area contributed by atoms with Gasteiger partial charge in [-0.1, -0.05) is 0 Å². The molecule has 0 spiro atoms. The number of nitrogens with one attached hydrogen (secondary N) is 4. The van der Waals surface area contributed by atoms with Gasteiger partial charge in [-0.25, -0.2) is 9.97 Å². The van der Waals surface area contributed by atoms with E-state index < -0.39 is 11.9 Å². The van der Waals surface area contributed by atoms with Crippen LogP contribution in [0.3, 0.4) is 0 Å². The first kappa shape index (κ1) is 30.0. The van der Waals surface area contributed by atoms with Crippen LogP contribution in [0.15, 0.2) is 43.0 Å². The van der Waals surface area contributed by atoms with Crippen LogP contribution in [0.2, 0.25) is 5.02 Å². The summed E-state index contributed by atoms with van der Waals surface area (Å²) in [5.41, 5.74) is 0.137. The van der Waals surface area contributed by atoms with Crippen LogP contribution in [-0.2, 0) is 11.0 Å². The van der Waals surface area contributed by atoms with Gasteiger partial charge in [-0.15, -0.1) is 0 Å². The van der Waals surface area contributed by atoms with Crippen LogP contribution < -0.4 is 37.4 Å². The molecule has 1 saturated carbocycles. The number of H-pyrrole nitrogens is 1. The predicted octanol–water partition coefficient (Wildman–Crippen LogP) is 0.622. The number of benzene rings is 1. The number of quaternary nitrogens is 1. The van der Waals surface area contributed by atoms with Gasteiger partial charge in [-0.2, -0.15) is 18.3 Å². The number of aromatic amines is 1. The second-order valence-electron chi connectivity index (χ2n) is 10.6. The Balaban J connectivity index is 1.21. The Kier molecular flexibility index (Phi) is 8.35. The summed E-state index contributed by atoms with van der Waals surface area (Å²) in [7, 11) is 6.24. The van der Waals surface area contributed by atoms with E-state index in [2.05, 4.69) is 52.2 Å².